The molecule has 0 bridgehead atoms. The number of hydrogen-bond donors (Lipinski definition) is 1. The third kappa shape index (κ3) is 24.3. The molecular weight excluding hydrogens is 324 g/mol. The predicted molar refractivity (Wildman–Crippen MR) is 118 cm³/mol. The van der Waals surface area contributed by atoms with Gasteiger partial charge >= 0.3 is 0 Å². The highest BCUT2D eigenvalue weighted by Crippen LogP contribution is 2.15. The van der Waals surface area contributed by atoms with Gasteiger partial charge in [0.1, 0.15) is 0 Å². The zero-order valence-electron chi connectivity index (χ0n) is 17.4. The van der Waals surface area contributed by atoms with Crippen LogP contribution in [0, 0.1) is 0 Å². The Labute approximate surface area is 164 Å². The van der Waals surface area contributed by atoms with Crippen LogP contribution in [-0.4, -0.2) is 23.2 Å². The van der Waals surface area contributed by atoms with E-state index in [1.807, 2.05) is 0 Å². The third-order valence-electron chi connectivity index (χ3n) is 5.09. The van der Waals surface area contributed by atoms with Crippen LogP contribution in [0.2, 0.25) is 0 Å². The maximum absolute atomic E-state index is 8.72. The molecule has 1 N–H and O–H groups in total. The third-order valence-corrected chi connectivity index (χ3v) is 6.24. The first-order valence-corrected chi connectivity index (χ1v) is 12.8. The normalized spacial score (nSPS) is 11.3. The Morgan fingerprint density at radius 1 is 0.440 bits per heavy atom. The molecule has 25 heavy (non-hydrogen) atoms. The van der Waals surface area contributed by atoms with E-state index >= 15 is 0 Å². The predicted octanol–water partition coefficient (Wildman–Crippen LogP) is 8.14. The Kier molecular flexibility index (Phi) is 24.6. The maximum Gasteiger partial charge on any atom is 0.0431 e. The number of aliphatic hydroxyl groups is 1. The molecule has 2 heteroatoms. The molecule has 0 aromatic rings. The van der Waals surface area contributed by atoms with Crippen LogP contribution in [-0.2, 0) is 0 Å². The second-order valence-corrected chi connectivity index (χ2v) is 8.92. The van der Waals surface area contributed by atoms with E-state index in [9.17, 15) is 0 Å². The number of thioether (sulfide) groups is 1. The van der Waals surface area contributed by atoms with Crippen LogP contribution >= 0.6 is 11.8 Å². The molecule has 0 fully saturated rings. The van der Waals surface area contributed by atoms with E-state index in [-0.39, 0.29) is 0 Å². The van der Waals surface area contributed by atoms with Crippen molar-refractivity contribution in [2.75, 3.05) is 18.1 Å². The summed E-state index contributed by atoms with van der Waals surface area (Å²) in [6.07, 6.45) is 26.5. The second kappa shape index (κ2) is 24.3. The van der Waals surface area contributed by atoms with Gasteiger partial charge < -0.3 is 5.11 Å². The fraction of sp³-hybridized carbons (Fsp3) is 1.00. The van der Waals surface area contributed by atoms with Crippen LogP contribution in [0.1, 0.15) is 129 Å². The molecule has 0 heterocycles. The standard InChI is InChI=1S/C23H48OS/c1-2-3-4-5-6-7-10-13-16-19-22-25-23-20-17-14-11-8-9-12-15-18-21-24/h24H,2-23H2,1H3. The molecule has 0 spiro atoms. The van der Waals surface area contributed by atoms with Gasteiger partial charge in [-0.1, -0.05) is 110 Å². The average Bonchev–Trinajstić information content (AvgIpc) is 2.63. The lowest BCUT2D eigenvalue weighted by atomic mass is 10.1. The number of aliphatic hydroxyl groups excluding tert-OH is 1. The number of hydrogen-bond acceptors (Lipinski definition) is 2. The molecular formula is C23H48OS. The van der Waals surface area contributed by atoms with Gasteiger partial charge in [-0.25, -0.2) is 0 Å². The van der Waals surface area contributed by atoms with Gasteiger partial charge in [0.25, 0.3) is 0 Å². The Bertz CT molecular complexity index is 198. The van der Waals surface area contributed by atoms with Crippen molar-refractivity contribution in [3.63, 3.8) is 0 Å². The summed E-state index contributed by atoms with van der Waals surface area (Å²) in [5.41, 5.74) is 0. The zero-order chi connectivity index (χ0) is 18.3. The van der Waals surface area contributed by atoms with E-state index in [2.05, 4.69) is 18.7 Å². The molecule has 0 aliphatic rings. The summed E-state index contributed by atoms with van der Waals surface area (Å²) in [4.78, 5) is 0. The molecule has 0 aliphatic heterocycles. The van der Waals surface area contributed by atoms with Crippen LogP contribution in [0.15, 0.2) is 0 Å². The largest absolute Gasteiger partial charge is 0.396 e. The SMILES string of the molecule is CCCCCCCCCCCCSCCCCCCCCCCCO. The van der Waals surface area contributed by atoms with Crippen LogP contribution in [0.3, 0.4) is 0 Å². The van der Waals surface area contributed by atoms with Crippen LogP contribution in [0.4, 0.5) is 0 Å². The van der Waals surface area contributed by atoms with Crippen molar-refractivity contribution in [2.45, 2.75) is 129 Å². The van der Waals surface area contributed by atoms with Crippen LogP contribution in [0.25, 0.3) is 0 Å². The summed E-state index contributed by atoms with van der Waals surface area (Å²) in [6, 6.07) is 0. The fourth-order valence-electron chi connectivity index (χ4n) is 3.35. The molecule has 0 radical (unpaired) electrons. The fourth-order valence-corrected chi connectivity index (χ4v) is 4.37. The maximum atomic E-state index is 8.72. The van der Waals surface area contributed by atoms with E-state index in [0.717, 1.165) is 6.42 Å². The molecule has 152 valence electrons. The van der Waals surface area contributed by atoms with Gasteiger partial charge in [-0.15, -0.1) is 0 Å². The van der Waals surface area contributed by atoms with Gasteiger partial charge in [0.15, 0.2) is 0 Å². The molecule has 0 aromatic heterocycles. The van der Waals surface area contributed by atoms with Crippen molar-refractivity contribution in [2.24, 2.45) is 0 Å². The topological polar surface area (TPSA) is 20.2 Å². The molecule has 0 rings (SSSR count). The highest BCUT2D eigenvalue weighted by Gasteiger charge is 1.95. The van der Waals surface area contributed by atoms with Gasteiger partial charge in [-0.2, -0.15) is 11.8 Å². The van der Waals surface area contributed by atoms with Crippen molar-refractivity contribution in [3.05, 3.63) is 0 Å². The zero-order valence-corrected chi connectivity index (χ0v) is 18.2. The second-order valence-electron chi connectivity index (χ2n) is 7.70. The van der Waals surface area contributed by atoms with Crippen molar-refractivity contribution >= 4 is 11.8 Å². The first-order valence-electron chi connectivity index (χ1n) is 11.6. The van der Waals surface area contributed by atoms with Crippen LogP contribution in [0.5, 0.6) is 0 Å². The van der Waals surface area contributed by atoms with Gasteiger partial charge in [-0.05, 0) is 30.8 Å². The van der Waals surface area contributed by atoms with E-state index in [1.165, 1.54) is 127 Å². The highest BCUT2D eigenvalue weighted by molar-refractivity contribution is 7.99. The molecule has 0 amide bonds. The van der Waals surface area contributed by atoms with Crippen LogP contribution < -0.4 is 0 Å². The lowest BCUT2D eigenvalue weighted by Crippen LogP contribution is -1.87. The molecule has 0 atom stereocenters. The number of rotatable bonds is 22. The minimum absolute atomic E-state index is 0.372. The molecule has 0 unspecified atom stereocenters. The molecule has 0 saturated heterocycles. The summed E-state index contributed by atoms with van der Waals surface area (Å²) in [7, 11) is 0. The van der Waals surface area contributed by atoms with Crippen molar-refractivity contribution in [1.82, 2.24) is 0 Å². The molecule has 0 saturated carbocycles. The first-order chi connectivity index (χ1) is 12.4. The average molecular weight is 373 g/mol. The van der Waals surface area contributed by atoms with E-state index < -0.39 is 0 Å². The summed E-state index contributed by atoms with van der Waals surface area (Å²) < 4.78 is 0. The Morgan fingerprint density at radius 2 is 0.760 bits per heavy atom. The number of unbranched alkanes of at least 4 members (excludes halogenated alkanes) is 17. The Morgan fingerprint density at radius 3 is 1.12 bits per heavy atom. The summed E-state index contributed by atoms with van der Waals surface area (Å²) in [6.45, 7) is 2.67. The monoisotopic (exact) mass is 372 g/mol. The van der Waals surface area contributed by atoms with Gasteiger partial charge in [-0.3, -0.25) is 0 Å². The molecule has 0 aromatic carbocycles. The van der Waals surface area contributed by atoms with Crippen molar-refractivity contribution in [1.29, 1.82) is 0 Å². The minimum Gasteiger partial charge on any atom is -0.396 e. The smallest absolute Gasteiger partial charge is 0.0431 e. The summed E-state index contributed by atoms with van der Waals surface area (Å²) in [5.74, 6) is 2.77. The van der Waals surface area contributed by atoms with Gasteiger partial charge in [0, 0.05) is 6.61 Å². The van der Waals surface area contributed by atoms with E-state index in [1.54, 1.807) is 0 Å². The van der Waals surface area contributed by atoms with Gasteiger partial charge in [0.2, 0.25) is 0 Å². The minimum atomic E-state index is 0.372. The highest BCUT2D eigenvalue weighted by atomic mass is 32.2. The first kappa shape index (κ1) is 25.3. The van der Waals surface area contributed by atoms with Crippen molar-refractivity contribution in [3.8, 4) is 0 Å². The Balaban J connectivity index is 2.94. The molecule has 0 aliphatic carbocycles. The summed E-state index contributed by atoms with van der Waals surface area (Å²) in [5, 5.41) is 8.72. The quantitative estimate of drug-likeness (QED) is 0.193. The lowest BCUT2D eigenvalue weighted by Gasteiger charge is -2.04. The lowest BCUT2D eigenvalue weighted by molar-refractivity contribution is 0.282. The molecule has 1 nitrogen and oxygen atoms in total. The van der Waals surface area contributed by atoms with Crippen molar-refractivity contribution < 1.29 is 5.11 Å². The Hall–Kier alpha value is 0.310. The van der Waals surface area contributed by atoms with E-state index in [0.29, 0.717) is 6.61 Å². The van der Waals surface area contributed by atoms with Gasteiger partial charge in [0.05, 0.1) is 0 Å². The van der Waals surface area contributed by atoms with E-state index in [4.69, 9.17) is 5.11 Å². The summed E-state index contributed by atoms with van der Waals surface area (Å²) >= 11 is 2.18.